The summed E-state index contributed by atoms with van der Waals surface area (Å²) in [5.74, 6) is -0.124. The highest BCUT2D eigenvalue weighted by molar-refractivity contribution is 9.10. The van der Waals surface area contributed by atoms with Gasteiger partial charge in [0.05, 0.1) is 4.47 Å². The van der Waals surface area contributed by atoms with E-state index in [0.29, 0.717) is 4.47 Å². The predicted molar refractivity (Wildman–Crippen MR) is 95.2 cm³/mol. The Hall–Kier alpha value is 0.130. The van der Waals surface area contributed by atoms with Gasteiger partial charge in [0.1, 0.15) is 5.82 Å². The third-order valence-electron chi connectivity index (χ3n) is 3.61. The number of piperazine rings is 1. The van der Waals surface area contributed by atoms with Crippen LogP contribution < -0.4 is 5.32 Å². The van der Waals surface area contributed by atoms with Gasteiger partial charge in [-0.25, -0.2) is 4.39 Å². The molecule has 21 heavy (non-hydrogen) atoms. The smallest absolute Gasteiger partial charge is 0.142 e. The van der Waals surface area contributed by atoms with Gasteiger partial charge in [0, 0.05) is 37.8 Å². The molecule has 0 spiro atoms. The number of halogens is 4. The minimum absolute atomic E-state index is 0. The van der Waals surface area contributed by atoms with Crippen molar-refractivity contribution in [3.8, 4) is 0 Å². The summed E-state index contributed by atoms with van der Waals surface area (Å²) >= 11 is 3.30. The van der Waals surface area contributed by atoms with Crippen molar-refractivity contribution in [2.24, 2.45) is 5.41 Å². The van der Waals surface area contributed by atoms with E-state index in [9.17, 15) is 4.39 Å². The van der Waals surface area contributed by atoms with Gasteiger partial charge in [0.15, 0.2) is 0 Å². The maximum atomic E-state index is 14.4. The van der Waals surface area contributed by atoms with Crippen LogP contribution in [0.4, 0.5) is 4.39 Å². The molecule has 0 aromatic heterocycles. The van der Waals surface area contributed by atoms with Crippen LogP contribution in [0.3, 0.4) is 0 Å². The largest absolute Gasteiger partial charge is 0.314 e. The van der Waals surface area contributed by atoms with Gasteiger partial charge >= 0.3 is 0 Å². The molecular formula is C15H24BrCl2FN2. The second kappa shape index (κ2) is 8.68. The maximum absolute atomic E-state index is 14.4. The van der Waals surface area contributed by atoms with Crippen LogP contribution in [0.2, 0.25) is 0 Å². The van der Waals surface area contributed by atoms with Crippen molar-refractivity contribution in [1.82, 2.24) is 10.2 Å². The molecule has 122 valence electrons. The number of benzene rings is 1. The van der Waals surface area contributed by atoms with E-state index in [1.807, 2.05) is 12.1 Å². The average Bonchev–Trinajstić information content (AvgIpc) is 2.35. The molecule has 0 radical (unpaired) electrons. The lowest BCUT2D eigenvalue weighted by atomic mass is 9.80. The van der Waals surface area contributed by atoms with E-state index in [2.05, 4.69) is 46.9 Å². The second-order valence-corrected chi connectivity index (χ2v) is 7.05. The fraction of sp³-hybridized carbons (Fsp3) is 0.600. The number of hydrogen-bond acceptors (Lipinski definition) is 2. The second-order valence-electron chi connectivity index (χ2n) is 6.20. The first-order valence-corrected chi connectivity index (χ1v) is 7.59. The molecule has 2 rings (SSSR count). The van der Waals surface area contributed by atoms with Crippen LogP contribution in [0.1, 0.15) is 32.4 Å². The highest BCUT2D eigenvalue weighted by atomic mass is 79.9. The molecular weight excluding hydrogens is 378 g/mol. The van der Waals surface area contributed by atoms with E-state index in [1.54, 1.807) is 6.07 Å². The molecule has 0 amide bonds. The Bertz CT molecular complexity index is 446. The molecule has 0 bridgehead atoms. The zero-order valence-electron chi connectivity index (χ0n) is 12.7. The van der Waals surface area contributed by atoms with E-state index in [1.165, 1.54) is 0 Å². The van der Waals surface area contributed by atoms with E-state index < -0.39 is 0 Å². The van der Waals surface area contributed by atoms with Gasteiger partial charge in [-0.15, -0.1) is 24.8 Å². The van der Waals surface area contributed by atoms with Crippen LogP contribution in [-0.2, 0) is 0 Å². The summed E-state index contributed by atoms with van der Waals surface area (Å²) < 4.78 is 15.0. The fourth-order valence-corrected chi connectivity index (χ4v) is 3.26. The summed E-state index contributed by atoms with van der Waals surface area (Å²) in [7, 11) is 0. The molecule has 1 heterocycles. The first kappa shape index (κ1) is 21.1. The molecule has 0 aliphatic carbocycles. The predicted octanol–water partition coefficient (Wildman–Crippen LogP) is 4.42. The Morgan fingerprint density at radius 3 is 2.29 bits per heavy atom. The Balaban J connectivity index is 0.00000200. The maximum Gasteiger partial charge on any atom is 0.142 e. The van der Waals surface area contributed by atoms with E-state index in [0.717, 1.165) is 31.7 Å². The van der Waals surface area contributed by atoms with Gasteiger partial charge in [-0.1, -0.05) is 32.9 Å². The first-order valence-electron chi connectivity index (χ1n) is 6.80. The molecule has 1 aromatic rings. The highest BCUT2D eigenvalue weighted by Gasteiger charge is 2.34. The van der Waals surface area contributed by atoms with Crippen molar-refractivity contribution in [3.05, 3.63) is 34.1 Å². The van der Waals surface area contributed by atoms with Crippen LogP contribution >= 0.6 is 40.7 Å². The van der Waals surface area contributed by atoms with Crippen molar-refractivity contribution in [1.29, 1.82) is 0 Å². The molecule has 1 N–H and O–H groups in total. The van der Waals surface area contributed by atoms with Gasteiger partial charge in [0.25, 0.3) is 0 Å². The number of rotatable bonds is 2. The van der Waals surface area contributed by atoms with Gasteiger partial charge < -0.3 is 5.32 Å². The molecule has 1 aliphatic heterocycles. The van der Waals surface area contributed by atoms with Crippen LogP contribution in [0.15, 0.2) is 22.7 Å². The van der Waals surface area contributed by atoms with E-state index >= 15 is 0 Å². The zero-order chi connectivity index (χ0) is 14.0. The lowest BCUT2D eigenvalue weighted by molar-refractivity contribution is 0.0833. The number of hydrogen-bond donors (Lipinski definition) is 1. The molecule has 0 saturated carbocycles. The fourth-order valence-electron chi connectivity index (χ4n) is 2.88. The van der Waals surface area contributed by atoms with Crippen molar-refractivity contribution >= 4 is 40.7 Å². The Morgan fingerprint density at radius 2 is 1.76 bits per heavy atom. The minimum atomic E-state index is -0.124. The third kappa shape index (κ3) is 5.07. The van der Waals surface area contributed by atoms with Crippen molar-refractivity contribution < 1.29 is 4.39 Å². The molecule has 1 atom stereocenters. The molecule has 6 heteroatoms. The SMILES string of the molecule is CC(C)(C)[C@@H](c1cccc(Br)c1F)N1CCNCC1.Cl.Cl. The van der Waals surface area contributed by atoms with E-state index in [-0.39, 0.29) is 42.1 Å². The first-order chi connectivity index (χ1) is 8.91. The van der Waals surface area contributed by atoms with Crippen LogP contribution in [0.25, 0.3) is 0 Å². The van der Waals surface area contributed by atoms with Crippen molar-refractivity contribution in [2.75, 3.05) is 26.2 Å². The topological polar surface area (TPSA) is 15.3 Å². The van der Waals surface area contributed by atoms with Gasteiger partial charge in [-0.2, -0.15) is 0 Å². The molecule has 1 saturated heterocycles. The Morgan fingerprint density at radius 1 is 1.19 bits per heavy atom. The van der Waals surface area contributed by atoms with E-state index in [4.69, 9.17) is 0 Å². The summed E-state index contributed by atoms with van der Waals surface area (Å²) in [4.78, 5) is 2.39. The van der Waals surface area contributed by atoms with Crippen LogP contribution in [-0.4, -0.2) is 31.1 Å². The number of nitrogens with one attached hydrogen (secondary N) is 1. The minimum Gasteiger partial charge on any atom is -0.314 e. The standard InChI is InChI=1S/C15H22BrFN2.2ClH/c1-15(2,3)14(19-9-7-18-8-10-19)11-5-4-6-12(16)13(11)17;;/h4-6,14,18H,7-10H2,1-3H3;2*1H/t14-;;/m1../s1. The van der Waals surface area contributed by atoms with Crippen molar-refractivity contribution in [3.63, 3.8) is 0 Å². The Kier molecular flexibility index (Phi) is 8.74. The lowest BCUT2D eigenvalue weighted by Gasteiger charge is -2.42. The molecule has 2 nitrogen and oxygen atoms in total. The summed E-state index contributed by atoms with van der Waals surface area (Å²) in [6.45, 7) is 10.4. The van der Waals surface area contributed by atoms with Crippen LogP contribution in [0, 0.1) is 11.2 Å². The van der Waals surface area contributed by atoms with Gasteiger partial charge in [-0.3, -0.25) is 4.90 Å². The zero-order valence-corrected chi connectivity index (χ0v) is 15.9. The average molecular weight is 402 g/mol. The third-order valence-corrected chi connectivity index (χ3v) is 4.23. The normalized spacial score (nSPS) is 17.6. The Labute approximate surface area is 147 Å². The summed E-state index contributed by atoms with van der Waals surface area (Å²) in [5, 5.41) is 3.35. The summed E-state index contributed by atoms with van der Waals surface area (Å²) in [6.07, 6.45) is 0. The molecule has 0 unspecified atom stereocenters. The monoisotopic (exact) mass is 400 g/mol. The lowest BCUT2D eigenvalue weighted by Crippen LogP contribution is -2.48. The molecule has 1 fully saturated rings. The van der Waals surface area contributed by atoms with Gasteiger partial charge in [-0.05, 0) is 27.4 Å². The quantitative estimate of drug-likeness (QED) is 0.788. The summed E-state index contributed by atoms with van der Waals surface area (Å²) in [6, 6.07) is 5.70. The number of nitrogens with zero attached hydrogens (tertiary/aromatic N) is 1. The molecule has 1 aromatic carbocycles. The molecule has 1 aliphatic rings. The van der Waals surface area contributed by atoms with Crippen molar-refractivity contribution in [2.45, 2.75) is 26.8 Å². The highest BCUT2D eigenvalue weighted by Crippen LogP contribution is 2.40. The summed E-state index contributed by atoms with van der Waals surface area (Å²) in [5.41, 5.74) is 0.794. The van der Waals surface area contributed by atoms with Gasteiger partial charge in [0.2, 0.25) is 0 Å². The van der Waals surface area contributed by atoms with Crippen LogP contribution in [0.5, 0.6) is 0 Å².